The van der Waals surface area contributed by atoms with Gasteiger partial charge in [-0.1, -0.05) is 26.0 Å². The third-order valence-corrected chi connectivity index (χ3v) is 6.15. The van der Waals surface area contributed by atoms with Gasteiger partial charge in [0.05, 0.1) is 22.6 Å². The van der Waals surface area contributed by atoms with E-state index in [2.05, 4.69) is 24.3 Å². The zero-order valence-corrected chi connectivity index (χ0v) is 16.5. The molecule has 1 amide bonds. The largest absolute Gasteiger partial charge is 0.378 e. The molecule has 1 aliphatic heterocycles. The summed E-state index contributed by atoms with van der Waals surface area (Å²) in [5, 5.41) is 5.75. The fourth-order valence-electron chi connectivity index (χ4n) is 3.38. The highest BCUT2D eigenvalue weighted by molar-refractivity contribution is 8.00. The van der Waals surface area contributed by atoms with Crippen molar-refractivity contribution in [2.75, 3.05) is 30.1 Å². The summed E-state index contributed by atoms with van der Waals surface area (Å²) in [4.78, 5) is 27.1. The third kappa shape index (κ3) is 3.40. The average molecular weight is 375 g/mol. The van der Waals surface area contributed by atoms with Crippen molar-refractivity contribution in [3.05, 3.63) is 45.7 Å². The quantitative estimate of drug-likeness (QED) is 0.842. The molecule has 0 unspecified atom stereocenters. The van der Waals surface area contributed by atoms with Crippen molar-refractivity contribution in [1.82, 2.24) is 9.78 Å². The molecule has 1 aromatic heterocycles. The molecule has 1 aromatic carbocycles. The van der Waals surface area contributed by atoms with Gasteiger partial charge in [-0.15, -0.1) is 11.8 Å². The average Bonchev–Trinajstić information content (AvgIpc) is 2.83. The van der Waals surface area contributed by atoms with Gasteiger partial charge in [0.2, 0.25) is 5.91 Å². The molecular formula is C19H26N4O2S. The lowest BCUT2D eigenvalue weighted by Gasteiger charge is -2.19. The first-order valence-electron chi connectivity index (χ1n) is 8.99. The van der Waals surface area contributed by atoms with Gasteiger partial charge in [0, 0.05) is 19.8 Å². The van der Waals surface area contributed by atoms with Crippen LogP contribution in [0.2, 0.25) is 0 Å². The summed E-state index contributed by atoms with van der Waals surface area (Å²) >= 11 is 1.50. The maximum Gasteiger partial charge on any atom is 0.270 e. The number of rotatable bonds is 5. The van der Waals surface area contributed by atoms with Crippen molar-refractivity contribution in [3.8, 4) is 0 Å². The van der Waals surface area contributed by atoms with Crippen molar-refractivity contribution < 1.29 is 4.79 Å². The SMILES string of the molecule is CCC(CC)n1[nH]c(=O)c2c1NC(=O)CS[C@H]2c1ccc(N(C)C)cc1. The maximum atomic E-state index is 12.8. The lowest BCUT2D eigenvalue weighted by molar-refractivity contribution is -0.113. The van der Waals surface area contributed by atoms with Gasteiger partial charge in [0.1, 0.15) is 5.82 Å². The molecule has 0 aliphatic carbocycles. The molecule has 140 valence electrons. The molecule has 2 N–H and O–H groups in total. The summed E-state index contributed by atoms with van der Waals surface area (Å²) in [7, 11) is 3.99. The molecule has 0 spiro atoms. The van der Waals surface area contributed by atoms with E-state index in [0.717, 1.165) is 24.1 Å². The van der Waals surface area contributed by atoms with E-state index >= 15 is 0 Å². The van der Waals surface area contributed by atoms with Crippen LogP contribution in [0.3, 0.4) is 0 Å². The standard InChI is InChI=1S/C19H26N4O2S/c1-5-13(6-2)23-18-16(19(25)21-23)17(26-11-15(24)20-18)12-7-9-14(10-8-12)22(3)4/h7-10,13,17H,5-6,11H2,1-4H3,(H,20,24)(H,21,25)/t17-/m0/s1. The number of H-pyrrole nitrogens is 1. The molecule has 7 heteroatoms. The summed E-state index contributed by atoms with van der Waals surface area (Å²) in [6, 6.07) is 8.33. The van der Waals surface area contributed by atoms with E-state index in [1.54, 1.807) is 0 Å². The number of aromatic nitrogens is 2. The molecule has 0 bridgehead atoms. The predicted molar refractivity (Wildman–Crippen MR) is 108 cm³/mol. The number of anilines is 2. The minimum Gasteiger partial charge on any atom is -0.378 e. The molecule has 0 saturated heterocycles. The van der Waals surface area contributed by atoms with E-state index in [1.807, 2.05) is 47.9 Å². The Balaban J connectivity index is 2.10. The number of hydrogen-bond donors (Lipinski definition) is 2. The van der Waals surface area contributed by atoms with Crippen LogP contribution < -0.4 is 15.8 Å². The Morgan fingerprint density at radius 3 is 2.42 bits per heavy atom. The first kappa shape index (κ1) is 18.6. The second-order valence-corrected chi connectivity index (χ2v) is 7.86. The lowest BCUT2D eigenvalue weighted by Crippen LogP contribution is -2.19. The first-order valence-corrected chi connectivity index (χ1v) is 10.0. The molecule has 2 heterocycles. The molecular weight excluding hydrogens is 348 g/mol. The van der Waals surface area contributed by atoms with E-state index in [9.17, 15) is 9.59 Å². The van der Waals surface area contributed by atoms with Crippen LogP contribution >= 0.6 is 11.8 Å². The Bertz CT molecular complexity index is 834. The molecule has 0 fully saturated rings. The monoisotopic (exact) mass is 374 g/mol. The normalized spacial score (nSPS) is 17.0. The number of benzene rings is 1. The molecule has 1 atom stereocenters. The van der Waals surface area contributed by atoms with E-state index < -0.39 is 0 Å². The van der Waals surface area contributed by atoms with Crippen LogP contribution in [0.15, 0.2) is 29.1 Å². The van der Waals surface area contributed by atoms with Gasteiger partial charge in [0.25, 0.3) is 5.56 Å². The number of amides is 1. The first-order chi connectivity index (χ1) is 12.5. The molecule has 3 rings (SSSR count). The zero-order chi connectivity index (χ0) is 18.8. The second-order valence-electron chi connectivity index (χ2n) is 6.77. The van der Waals surface area contributed by atoms with Crippen molar-refractivity contribution in [2.24, 2.45) is 0 Å². The predicted octanol–water partition coefficient (Wildman–Crippen LogP) is 3.38. The highest BCUT2D eigenvalue weighted by Gasteiger charge is 2.31. The van der Waals surface area contributed by atoms with E-state index in [4.69, 9.17) is 0 Å². The molecule has 1 aliphatic rings. The Hall–Kier alpha value is -2.15. The van der Waals surface area contributed by atoms with Crippen molar-refractivity contribution in [2.45, 2.75) is 38.0 Å². The van der Waals surface area contributed by atoms with Crippen LogP contribution in [0.25, 0.3) is 0 Å². The Morgan fingerprint density at radius 1 is 1.19 bits per heavy atom. The van der Waals surface area contributed by atoms with Gasteiger partial charge >= 0.3 is 0 Å². The van der Waals surface area contributed by atoms with Gasteiger partial charge in [-0.3, -0.25) is 19.4 Å². The maximum absolute atomic E-state index is 12.8. The zero-order valence-electron chi connectivity index (χ0n) is 15.7. The Kier molecular flexibility index (Phi) is 5.46. The number of carbonyl (C=O) groups is 1. The number of carbonyl (C=O) groups excluding carboxylic acids is 1. The number of nitrogens with one attached hydrogen (secondary N) is 2. The molecule has 6 nitrogen and oxygen atoms in total. The van der Waals surface area contributed by atoms with Crippen LogP contribution in [-0.2, 0) is 4.79 Å². The fourth-order valence-corrected chi connectivity index (χ4v) is 4.51. The number of aromatic amines is 1. The topological polar surface area (TPSA) is 70.1 Å². The van der Waals surface area contributed by atoms with Crippen molar-refractivity contribution in [3.63, 3.8) is 0 Å². The van der Waals surface area contributed by atoms with E-state index in [-0.39, 0.29) is 22.8 Å². The van der Waals surface area contributed by atoms with E-state index in [1.165, 1.54) is 11.8 Å². The van der Waals surface area contributed by atoms with Gasteiger partial charge in [-0.05, 0) is 30.5 Å². The summed E-state index contributed by atoms with van der Waals surface area (Å²) in [5.74, 6) is 0.889. The van der Waals surface area contributed by atoms with Crippen LogP contribution in [0.4, 0.5) is 11.5 Å². The van der Waals surface area contributed by atoms with Crippen molar-refractivity contribution >= 4 is 29.2 Å². The van der Waals surface area contributed by atoms with Crippen molar-refractivity contribution in [1.29, 1.82) is 0 Å². The molecule has 0 radical (unpaired) electrons. The Labute approximate surface area is 157 Å². The van der Waals surface area contributed by atoms with Gasteiger partial charge in [-0.2, -0.15) is 0 Å². The minimum absolute atomic E-state index is 0.0673. The summed E-state index contributed by atoms with van der Waals surface area (Å²) < 4.78 is 1.85. The van der Waals surface area contributed by atoms with Crippen LogP contribution in [0.1, 0.15) is 49.1 Å². The minimum atomic E-state index is -0.167. The van der Waals surface area contributed by atoms with Gasteiger partial charge < -0.3 is 10.2 Å². The highest BCUT2D eigenvalue weighted by atomic mass is 32.2. The Morgan fingerprint density at radius 2 is 1.85 bits per heavy atom. The molecule has 26 heavy (non-hydrogen) atoms. The summed E-state index contributed by atoms with van der Waals surface area (Å²) in [6.07, 6.45) is 1.78. The number of hydrogen-bond acceptors (Lipinski definition) is 4. The highest BCUT2D eigenvalue weighted by Crippen LogP contribution is 2.41. The fraction of sp³-hybridized carbons (Fsp3) is 0.474. The van der Waals surface area contributed by atoms with Crippen LogP contribution in [0.5, 0.6) is 0 Å². The van der Waals surface area contributed by atoms with Crippen LogP contribution in [0, 0.1) is 0 Å². The second kappa shape index (κ2) is 7.61. The summed E-state index contributed by atoms with van der Waals surface area (Å²) in [6.45, 7) is 4.17. The van der Waals surface area contributed by atoms with Crippen LogP contribution in [-0.4, -0.2) is 35.5 Å². The summed E-state index contributed by atoms with van der Waals surface area (Å²) in [5.41, 5.74) is 2.66. The smallest absolute Gasteiger partial charge is 0.270 e. The van der Waals surface area contributed by atoms with E-state index in [0.29, 0.717) is 17.1 Å². The number of thioether (sulfide) groups is 1. The van der Waals surface area contributed by atoms with Gasteiger partial charge in [0.15, 0.2) is 0 Å². The number of nitrogens with zero attached hydrogens (tertiary/aromatic N) is 2. The lowest BCUT2D eigenvalue weighted by atomic mass is 10.1. The third-order valence-electron chi connectivity index (χ3n) is 4.88. The number of fused-ring (bicyclic) bond motifs is 1. The molecule has 2 aromatic rings. The van der Waals surface area contributed by atoms with Gasteiger partial charge in [-0.25, -0.2) is 0 Å². The molecule has 0 saturated carbocycles.